The second-order valence-corrected chi connectivity index (χ2v) is 7.38. The first-order valence-corrected chi connectivity index (χ1v) is 9.22. The molecular formula is C21H23N3O2. The molecule has 1 aliphatic carbocycles. The molecule has 1 aromatic heterocycles. The summed E-state index contributed by atoms with van der Waals surface area (Å²) in [6, 6.07) is 13.1. The van der Waals surface area contributed by atoms with Gasteiger partial charge in [-0.15, -0.1) is 0 Å². The van der Waals surface area contributed by atoms with E-state index in [0.29, 0.717) is 23.5 Å². The Morgan fingerprint density at radius 1 is 1.12 bits per heavy atom. The molecule has 5 heteroatoms. The highest BCUT2D eigenvalue weighted by atomic mass is 16.5. The largest absolute Gasteiger partial charge is 0.506 e. The van der Waals surface area contributed by atoms with Crippen LogP contribution >= 0.6 is 0 Å². The fourth-order valence-electron chi connectivity index (χ4n) is 4.26. The van der Waals surface area contributed by atoms with E-state index in [0.717, 1.165) is 50.3 Å². The fraction of sp³-hybridized carbons (Fsp3) is 0.429. The minimum Gasteiger partial charge on any atom is -0.506 e. The highest BCUT2D eigenvalue weighted by molar-refractivity contribution is 5.34. The quantitative estimate of drug-likeness (QED) is 0.899. The van der Waals surface area contributed by atoms with Gasteiger partial charge in [-0.25, -0.2) is 0 Å². The molecule has 0 amide bonds. The van der Waals surface area contributed by atoms with Crippen molar-refractivity contribution in [2.24, 2.45) is 11.8 Å². The molecule has 1 saturated heterocycles. The molecule has 2 fully saturated rings. The van der Waals surface area contributed by atoms with E-state index < -0.39 is 0 Å². The number of aromatic nitrogens is 1. The molecule has 4 rings (SSSR count). The maximum Gasteiger partial charge on any atom is 0.133 e. The van der Waals surface area contributed by atoms with Crippen LogP contribution in [-0.2, 0) is 6.42 Å². The molecule has 2 aromatic rings. The molecule has 5 nitrogen and oxygen atoms in total. The maximum atomic E-state index is 9.30. The second-order valence-electron chi connectivity index (χ2n) is 7.38. The normalized spacial score (nSPS) is 25.0. The number of nitrogens with zero attached hydrogens (tertiary/aromatic N) is 3. The van der Waals surface area contributed by atoms with Crippen LogP contribution in [-0.4, -0.2) is 40.7 Å². The van der Waals surface area contributed by atoms with E-state index in [1.54, 1.807) is 6.07 Å². The summed E-state index contributed by atoms with van der Waals surface area (Å²) in [4.78, 5) is 6.80. The zero-order valence-electron chi connectivity index (χ0n) is 14.7. The summed E-state index contributed by atoms with van der Waals surface area (Å²) in [5, 5.41) is 18.2. The standard InChI is InChI=1S/C21H23N3O2/c22-11-15-1-5-20(6-2-15)26-21-9-16-13-24(14-17(16)10-21)8-7-18-3-4-19(25)12-23-18/h1-6,12,16-17,21,25H,7-10,13-14H2/t16-,17+,21?. The first-order chi connectivity index (χ1) is 12.7. The van der Waals surface area contributed by atoms with E-state index in [2.05, 4.69) is 16.0 Å². The molecule has 1 aliphatic heterocycles. The van der Waals surface area contributed by atoms with Crippen LogP contribution in [0.5, 0.6) is 11.5 Å². The number of benzene rings is 1. The molecule has 2 aliphatic rings. The van der Waals surface area contributed by atoms with Gasteiger partial charge in [-0.1, -0.05) is 0 Å². The van der Waals surface area contributed by atoms with Gasteiger partial charge in [0.15, 0.2) is 0 Å². The van der Waals surface area contributed by atoms with Gasteiger partial charge < -0.3 is 14.7 Å². The van der Waals surface area contributed by atoms with Crippen LogP contribution < -0.4 is 4.74 Å². The van der Waals surface area contributed by atoms with Gasteiger partial charge in [0.05, 0.1) is 23.9 Å². The molecule has 0 spiro atoms. The zero-order valence-corrected chi connectivity index (χ0v) is 14.7. The summed E-state index contributed by atoms with van der Waals surface area (Å²) in [5.74, 6) is 2.51. The predicted molar refractivity (Wildman–Crippen MR) is 97.8 cm³/mol. The summed E-state index contributed by atoms with van der Waals surface area (Å²) in [7, 11) is 0. The number of nitriles is 1. The third-order valence-corrected chi connectivity index (χ3v) is 5.56. The molecule has 1 unspecified atom stereocenters. The number of hydrogen-bond donors (Lipinski definition) is 1. The lowest BCUT2D eigenvalue weighted by Crippen LogP contribution is -2.26. The molecule has 1 aromatic carbocycles. The van der Waals surface area contributed by atoms with Gasteiger partial charge in [0.1, 0.15) is 11.5 Å². The molecular weight excluding hydrogens is 326 g/mol. The van der Waals surface area contributed by atoms with Crippen molar-refractivity contribution in [1.29, 1.82) is 5.26 Å². The predicted octanol–water partition coefficient (Wildman–Crippen LogP) is 2.99. The summed E-state index contributed by atoms with van der Waals surface area (Å²) >= 11 is 0. The van der Waals surface area contributed by atoms with Crippen molar-refractivity contribution in [2.75, 3.05) is 19.6 Å². The molecule has 26 heavy (non-hydrogen) atoms. The van der Waals surface area contributed by atoms with Crippen molar-refractivity contribution in [3.63, 3.8) is 0 Å². The molecule has 3 atom stereocenters. The third kappa shape index (κ3) is 3.81. The molecule has 0 radical (unpaired) electrons. The molecule has 1 N–H and O–H groups in total. The van der Waals surface area contributed by atoms with E-state index >= 15 is 0 Å². The number of ether oxygens (including phenoxy) is 1. The highest BCUT2D eigenvalue weighted by Crippen LogP contribution is 2.39. The van der Waals surface area contributed by atoms with Gasteiger partial charge in [0, 0.05) is 31.7 Å². The monoisotopic (exact) mass is 349 g/mol. The number of rotatable bonds is 5. The lowest BCUT2D eigenvalue weighted by Gasteiger charge is -2.19. The lowest BCUT2D eigenvalue weighted by atomic mass is 10.0. The summed E-state index contributed by atoms with van der Waals surface area (Å²) < 4.78 is 6.13. The van der Waals surface area contributed by atoms with Crippen LogP contribution in [0.1, 0.15) is 24.1 Å². The van der Waals surface area contributed by atoms with Gasteiger partial charge in [0.2, 0.25) is 0 Å². The SMILES string of the molecule is N#Cc1ccc(OC2C[C@@H]3CN(CCc4ccc(O)cn4)C[C@@H]3C2)cc1. The lowest BCUT2D eigenvalue weighted by molar-refractivity contribution is 0.186. The van der Waals surface area contributed by atoms with Gasteiger partial charge in [-0.3, -0.25) is 4.98 Å². The second kappa shape index (κ2) is 7.35. The van der Waals surface area contributed by atoms with E-state index in [4.69, 9.17) is 10.00 Å². The van der Waals surface area contributed by atoms with Crippen molar-refractivity contribution in [3.05, 3.63) is 53.9 Å². The van der Waals surface area contributed by atoms with Gasteiger partial charge in [-0.2, -0.15) is 5.26 Å². The van der Waals surface area contributed by atoms with Crippen molar-refractivity contribution in [2.45, 2.75) is 25.4 Å². The van der Waals surface area contributed by atoms with E-state index in [9.17, 15) is 5.11 Å². The van der Waals surface area contributed by atoms with Crippen LogP contribution in [0.2, 0.25) is 0 Å². The number of pyridine rings is 1. The Hall–Kier alpha value is -2.58. The van der Waals surface area contributed by atoms with E-state index in [1.807, 2.05) is 30.3 Å². The minimum absolute atomic E-state index is 0.220. The Balaban J connectivity index is 1.24. The number of fused-ring (bicyclic) bond motifs is 1. The Morgan fingerprint density at radius 2 is 1.85 bits per heavy atom. The smallest absolute Gasteiger partial charge is 0.133 e. The minimum atomic E-state index is 0.220. The Kier molecular flexibility index (Phi) is 4.77. The Labute approximate surface area is 153 Å². The van der Waals surface area contributed by atoms with Crippen molar-refractivity contribution < 1.29 is 9.84 Å². The topological polar surface area (TPSA) is 69.4 Å². The van der Waals surface area contributed by atoms with Crippen LogP contribution in [0.15, 0.2) is 42.6 Å². The zero-order chi connectivity index (χ0) is 17.9. The molecule has 0 bridgehead atoms. The van der Waals surface area contributed by atoms with Gasteiger partial charge >= 0.3 is 0 Å². The highest BCUT2D eigenvalue weighted by Gasteiger charge is 2.41. The van der Waals surface area contributed by atoms with E-state index in [-0.39, 0.29) is 5.75 Å². The Morgan fingerprint density at radius 3 is 2.46 bits per heavy atom. The van der Waals surface area contributed by atoms with Crippen LogP contribution in [0.4, 0.5) is 0 Å². The van der Waals surface area contributed by atoms with Gasteiger partial charge in [-0.05, 0) is 61.1 Å². The average Bonchev–Trinajstić information content (AvgIpc) is 3.20. The van der Waals surface area contributed by atoms with Crippen LogP contribution in [0.3, 0.4) is 0 Å². The molecule has 134 valence electrons. The summed E-state index contributed by atoms with van der Waals surface area (Å²) in [6.07, 6.45) is 4.94. The number of likely N-dealkylation sites (tertiary alicyclic amines) is 1. The first kappa shape index (κ1) is 16.9. The maximum absolute atomic E-state index is 9.30. The summed E-state index contributed by atoms with van der Waals surface area (Å²) in [5.41, 5.74) is 1.70. The first-order valence-electron chi connectivity index (χ1n) is 9.22. The van der Waals surface area contributed by atoms with Gasteiger partial charge in [0.25, 0.3) is 0 Å². The third-order valence-electron chi connectivity index (χ3n) is 5.56. The summed E-state index contributed by atoms with van der Waals surface area (Å²) in [6.45, 7) is 3.29. The number of hydrogen-bond acceptors (Lipinski definition) is 5. The van der Waals surface area contributed by atoms with Crippen LogP contribution in [0.25, 0.3) is 0 Å². The van der Waals surface area contributed by atoms with Crippen molar-refractivity contribution in [3.8, 4) is 17.6 Å². The fourth-order valence-corrected chi connectivity index (χ4v) is 4.26. The Bertz CT molecular complexity index is 768. The van der Waals surface area contributed by atoms with Crippen molar-refractivity contribution >= 4 is 0 Å². The average molecular weight is 349 g/mol. The number of aromatic hydroxyl groups is 1. The van der Waals surface area contributed by atoms with Crippen molar-refractivity contribution in [1.82, 2.24) is 9.88 Å². The molecule has 2 heterocycles. The van der Waals surface area contributed by atoms with Crippen LogP contribution in [0, 0.1) is 23.2 Å². The van der Waals surface area contributed by atoms with E-state index in [1.165, 1.54) is 6.20 Å². The molecule has 1 saturated carbocycles.